The van der Waals surface area contributed by atoms with Gasteiger partial charge in [0.1, 0.15) is 5.69 Å². The van der Waals surface area contributed by atoms with Crippen LogP contribution in [0.3, 0.4) is 0 Å². The van der Waals surface area contributed by atoms with E-state index in [1.165, 1.54) is 0 Å². The SMILES string of the molecule is Cc1cc2nc(C(=O)NCc3ccccc3C)cc(C)n2n1. The number of fused-ring (bicyclic) bond motifs is 1. The van der Waals surface area contributed by atoms with Crippen LogP contribution in [0.1, 0.15) is 33.0 Å². The van der Waals surface area contributed by atoms with Gasteiger partial charge in [0, 0.05) is 18.3 Å². The van der Waals surface area contributed by atoms with Gasteiger partial charge in [0.05, 0.1) is 5.69 Å². The Balaban J connectivity index is 1.82. The highest BCUT2D eigenvalue weighted by molar-refractivity contribution is 5.92. The van der Waals surface area contributed by atoms with Gasteiger partial charge in [-0.1, -0.05) is 24.3 Å². The first-order chi connectivity index (χ1) is 10.5. The molecule has 1 aromatic carbocycles. The summed E-state index contributed by atoms with van der Waals surface area (Å²) < 4.78 is 1.74. The summed E-state index contributed by atoms with van der Waals surface area (Å²) in [6.45, 7) is 6.35. The van der Waals surface area contributed by atoms with Gasteiger partial charge in [0.15, 0.2) is 5.65 Å². The Morgan fingerprint density at radius 1 is 1.18 bits per heavy atom. The van der Waals surface area contributed by atoms with Crippen molar-refractivity contribution < 1.29 is 4.79 Å². The maximum Gasteiger partial charge on any atom is 0.270 e. The van der Waals surface area contributed by atoms with Gasteiger partial charge >= 0.3 is 0 Å². The molecule has 2 aromatic heterocycles. The van der Waals surface area contributed by atoms with Gasteiger partial charge < -0.3 is 5.32 Å². The molecule has 1 N–H and O–H groups in total. The van der Waals surface area contributed by atoms with Gasteiger partial charge in [0.2, 0.25) is 0 Å². The number of aromatic nitrogens is 3. The number of carbonyl (C=O) groups is 1. The Labute approximate surface area is 129 Å². The average molecular weight is 294 g/mol. The summed E-state index contributed by atoms with van der Waals surface area (Å²) in [5.74, 6) is -0.173. The van der Waals surface area contributed by atoms with Crippen LogP contribution in [-0.4, -0.2) is 20.5 Å². The van der Waals surface area contributed by atoms with Crippen molar-refractivity contribution in [2.24, 2.45) is 0 Å². The van der Waals surface area contributed by atoms with Crippen LogP contribution in [-0.2, 0) is 6.54 Å². The Kier molecular flexibility index (Phi) is 3.63. The van der Waals surface area contributed by atoms with Gasteiger partial charge in [-0.15, -0.1) is 0 Å². The molecular formula is C17H18N4O. The number of carbonyl (C=O) groups excluding carboxylic acids is 1. The first kappa shape index (κ1) is 14.3. The van der Waals surface area contributed by atoms with E-state index in [1.807, 2.05) is 51.1 Å². The fourth-order valence-electron chi connectivity index (χ4n) is 2.43. The molecule has 0 atom stereocenters. The predicted octanol–water partition coefficient (Wildman–Crippen LogP) is 2.58. The van der Waals surface area contributed by atoms with E-state index in [2.05, 4.69) is 15.4 Å². The molecule has 0 saturated heterocycles. The summed E-state index contributed by atoms with van der Waals surface area (Å²) in [4.78, 5) is 16.7. The van der Waals surface area contributed by atoms with Crippen LogP contribution in [0.4, 0.5) is 0 Å². The van der Waals surface area contributed by atoms with E-state index in [0.29, 0.717) is 17.9 Å². The minimum absolute atomic E-state index is 0.173. The van der Waals surface area contributed by atoms with Gasteiger partial charge in [-0.25, -0.2) is 9.50 Å². The molecule has 0 fully saturated rings. The second-order valence-corrected chi connectivity index (χ2v) is 5.45. The van der Waals surface area contributed by atoms with Gasteiger partial charge in [-0.05, 0) is 38.0 Å². The maximum atomic E-state index is 12.3. The van der Waals surface area contributed by atoms with Crippen molar-refractivity contribution in [2.45, 2.75) is 27.3 Å². The quantitative estimate of drug-likeness (QED) is 0.807. The van der Waals surface area contributed by atoms with Crippen molar-refractivity contribution >= 4 is 11.6 Å². The first-order valence-corrected chi connectivity index (χ1v) is 7.21. The Morgan fingerprint density at radius 2 is 1.95 bits per heavy atom. The third-order valence-corrected chi connectivity index (χ3v) is 3.66. The van der Waals surface area contributed by atoms with Crippen molar-refractivity contribution in [3.8, 4) is 0 Å². The molecule has 2 heterocycles. The fraction of sp³-hybridized carbons (Fsp3) is 0.235. The van der Waals surface area contributed by atoms with Crippen LogP contribution in [0, 0.1) is 20.8 Å². The molecule has 0 unspecified atom stereocenters. The minimum atomic E-state index is -0.173. The Bertz CT molecular complexity index is 851. The van der Waals surface area contributed by atoms with E-state index in [4.69, 9.17) is 0 Å². The first-order valence-electron chi connectivity index (χ1n) is 7.21. The zero-order valence-corrected chi connectivity index (χ0v) is 12.9. The molecule has 5 nitrogen and oxygen atoms in total. The van der Waals surface area contributed by atoms with Crippen molar-refractivity contribution in [1.82, 2.24) is 19.9 Å². The summed E-state index contributed by atoms with van der Waals surface area (Å²) in [7, 11) is 0. The second kappa shape index (κ2) is 5.60. The molecule has 112 valence electrons. The number of benzene rings is 1. The Hall–Kier alpha value is -2.69. The number of hydrogen-bond acceptors (Lipinski definition) is 3. The molecule has 0 spiro atoms. The normalized spacial score (nSPS) is 10.9. The monoisotopic (exact) mass is 294 g/mol. The third-order valence-electron chi connectivity index (χ3n) is 3.66. The molecule has 5 heteroatoms. The van der Waals surface area contributed by atoms with Crippen LogP contribution < -0.4 is 5.32 Å². The third kappa shape index (κ3) is 2.70. The van der Waals surface area contributed by atoms with E-state index in [9.17, 15) is 4.79 Å². The highest BCUT2D eigenvalue weighted by Gasteiger charge is 2.12. The summed E-state index contributed by atoms with van der Waals surface area (Å²) in [5.41, 5.74) is 5.15. The zero-order valence-electron chi connectivity index (χ0n) is 12.9. The topological polar surface area (TPSA) is 59.3 Å². The summed E-state index contributed by atoms with van der Waals surface area (Å²) in [5, 5.41) is 7.26. The molecule has 0 saturated carbocycles. The Morgan fingerprint density at radius 3 is 2.73 bits per heavy atom. The molecule has 3 aromatic rings. The number of hydrogen-bond donors (Lipinski definition) is 1. The van der Waals surface area contributed by atoms with Crippen molar-refractivity contribution in [2.75, 3.05) is 0 Å². The van der Waals surface area contributed by atoms with Crippen LogP contribution in [0.2, 0.25) is 0 Å². The highest BCUT2D eigenvalue weighted by Crippen LogP contribution is 2.10. The number of aryl methyl sites for hydroxylation is 3. The maximum absolute atomic E-state index is 12.3. The van der Waals surface area contributed by atoms with E-state index in [0.717, 1.165) is 22.5 Å². The number of rotatable bonds is 3. The van der Waals surface area contributed by atoms with Gasteiger partial charge in [0.25, 0.3) is 5.91 Å². The van der Waals surface area contributed by atoms with Gasteiger partial charge in [-0.2, -0.15) is 5.10 Å². The molecular weight excluding hydrogens is 276 g/mol. The van der Waals surface area contributed by atoms with Crippen molar-refractivity contribution in [3.63, 3.8) is 0 Å². The van der Waals surface area contributed by atoms with E-state index >= 15 is 0 Å². The van der Waals surface area contributed by atoms with Crippen LogP contribution in [0.15, 0.2) is 36.4 Å². The zero-order chi connectivity index (χ0) is 15.7. The van der Waals surface area contributed by atoms with Gasteiger partial charge in [-0.3, -0.25) is 4.79 Å². The molecule has 22 heavy (non-hydrogen) atoms. The summed E-state index contributed by atoms with van der Waals surface area (Å²) in [6.07, 6.45) is 0. The molecule has 0 aliphatic rings. The lowest BCUT2D eigenvalue weighted by atomic mass is 10.1. The number of nitrogens with one attached hydrogen (secondary N) is 1. The van der Waals surface area contributed by atoms with Crippen molar-refractivity contribution in [3.05, 3.63) is 64.6 Å². The number of amides is 1. The lowest BCUT2D eigenvalue weighted by Crippen LogP contribution is -2.24. The van der Waals surface area contributed by atoms with Crippen LogP contribution >= 0.6 is 0 Å². The van der Waals surface area contributed by atoms with E-state index in [1.54, 1.807) is 10.6 Å². The molecule has 0 radical (unpaired) electrons. The van der Waals surface area contributed by atoms with E-state index < -0.39 is 0 Å². The highest BCUT2D eigenvalue weighted by atomic mass is 16.1. The molecule has 0 bridgehead atoms. The minimum Gasteiger partial charge on any atom is -0.347 e. The lowest BCUT2D eigenvalue weighted by Gasteiger charge is -2.08. The largest absolute Gasteiger partial charge is 0.347 e. The molecule has 1 amide bonds. The molecule has 3 rings (SSSR count). The van der Waals surface area contributed by atoms with E-state index in [-0.39, 0.29) is 5.91 Å². The number of nitrogens with zero attached hydrogens (tertiary/aromatic N) is 3. The molecule has 0 aliphatic carbocycles. The standard InChI is InChI=1S/C17H18N4O/c1-11-6-4-5-7-14(11)10-18-17(22)15-9-13(3)21-16(19-15)8-12(2)20-21/h4-9H,10H2,1-3H3,(H,18,22). The van der Waals surface area contributed by atoms with Crippen molar-refractivity contribution in [1.29, 1.82) is 0 Å². The molecule has 0 aliphatic heterocycles. The smallest absolute Gasteiger partial charge is 0.270 e. The predicted molar refractivity (Wildman–Crippen MR) is 84.8 cm³/mol. The summed E-state index contributed by atoms with van der Waals surface area (Å²) in [6, 6.07) is 11.6. The van der Waals surface area contributed by atoms with Crippen LogP contribution in [0.25, 0.3) is 5.65 Å². The lowest BCUT2D eigenvalue weighted by molar-refractivity contribution is 0.0946. The fourth-order valence-corrected chi connectivity index (χ4v) is 2.43. The van der Waals surface area contributed by atoms with Crippen LogP contribution in [0.5, 0.6) is 0 Å². The average Bonchev–Trinajstić information content (AvgIpc) is 2.87. The summed E-state index contributed by atoms with van der Waals surface area (Å²) >= 11 is 0. The second-order valence-electron chi connectivity index (χ2n) is 5.45.